The molecule has 0 aromatic heterocycles. The Bertz CT molecular complexity index is 908. The predicted molar refractivity (Wildman–Crippen MR) is 135 cm³/mol. The molecule has 7 heteroatoms. The molecule has 4 aliphatic rings. The van der Waals surface area contributed by atoms with Gasteiger partial charge in [-0.2, -0.15) is 0 Å². The maximum absolute atomic E-state index is 13.3. The van der Waals surface area contributed by atoms with Crippen molar-refractivity contribution in [3.05, 3.63) is 29.3 Å². The van der Waals surface area contributed by atoms with E-state index in [-0.39, 0.29) is 35.9 Å². The summed E-state index contributed by atoms with van der Waals surface area (Å²) in [5.74, 6) is 1.18. The van der Waals surface area contributed by atoms with Gasteiger partial charge in [-0.3, -0.25) is 9.59 Å². The molecular formula is C27H41N5O2. The molecule has 4 N–H and O–H groups in total. The average molecular weight is 468 g/mol. The number of hydrogen-bond acceptors (Lipinski definition) is 5. The lowest BCUT2D eigenvalue weighted by Crippen LogP contribution is -2.60. The highest BCUT2D eigenvalue weighted by Gasteiger charge is 2.44. The first-order chi connectivity index (χ1) is 16.4. The molecule has 0 bridgehead atoms. The minimum absolute atomic E-state index is 0.00966. The number of fused-ring (bicyclic) bond motifs is 1. The molecule has 5 atom stereocenters. The number of nitrogens with zero attached hydrogens (tertiary/aromatic N) is 1. The molecule has 34 heavy (non-hydrogen) atoms. The maximum Gasteiger partial charge on any atom is 0.243 e. The van der Waals surface area contributed by atoms with Gasteiger partial charge in [-0.15, -0.1) is 0 Å². The molecular weight excluding hydrogens is 426 g/mol. The van der Waals surface area contributed by atoms with Gasteiger partial charge in [0.25, 0.3) is 0 Å². The second-order valence-corrected chi connectivity index (χ2v) is 11.3. The normalized spacial score (nSPS) is 30.8. The first kappa shape index (κ1) is 23.6. The van der Waals surface area contributed by atoms with Crippen molar-refractivity contribution >= 4 is 17.5 Å². The lowest BCUT2D eigenvalue weighted by molar-refractivity contribution is -0.128. The van der Waals surface area contributed by atoms with Crippen LogP contribution in [0.15, 0.2) is 18.2 Å². The number of nitrogens with one attached hydrogen (secondary N) is 4. The molecule has 186 valence electrons. The van der Waals surface area contributed by atoms with E-state index in [1.807, 2.05) is 0 Å². The third-order valence-electron chi connectivity index (χ3n) is 8.55. The third kappa shape index (κ3) is 5.10. The first-order valence-electron chi connectivity index (χ1n) is 13.3. The third-order valence-corrected chi connectivity index (χ3v) is 8.55. The van der Waals surface area contributed by atoms with Gasteiger partial charge in [-0.05, 0) is 82.1 Å². The summed E-state index contributed by atoms with van der Waals surface area (Å²) in [6, 6.07) is 6.72. The fraction of sp³-hybridized carbons (Fsp3) is 0.704. The van der Waals surface area contributed by atoms with Crippen LogP contribution in [0.3, 0.4) is 0 Å². The first-order valence-corrected chi connectivity index (χ1v) is 13.3. The van der Waals surface area contributed by atoms with Gasteiger partial charge in [-0.25, -0.2) is 0 Å². The standard InChI is InChI=1S/C27H41N5O2/c1-16-5-4-6-19-14-22(30-23(16)19)27(34)31-25(18-7-8-18)24-17(2)13-20(15-28-24)26(33)29-21-9-11-32(3)12-10-21/h4-6,17-18,20-22,24-25,28,30H,7-15H2,1-3H3,(H,29,33)(H,31,34). The van der Waals surface area contributed by atoms with Gasteiger partial charge in [0.1, 0.15) is 6.04 Å². The number of carbonyl (C=O) groups excluding carboxylic acids is 2. The molecule has 3 fully saturated rings. The Kier molecular flexibility index (Phi) is 6.85. The highest BCUT2D eigenvalue weighted by Crippen LogP contribution is 2.38. The number of likely N-dealkylation sites (tertiary alicyclic amines) is 1. The van der Waals surface area contributed by atoms with Gasteiger partial charge < -0.3 is 26.2 Å². The zero-order valence-electron chi connectivity index (χ0n) is 20.9. The molecule has 5 rings (SSSR count). The largest absolute Gasteiger partial charge is 0.373 e. The molecule has 3 aliphatic heterocycles. The highest BCUT2D eigenvalue weighted by atomic mass is 16.2. The molecule has 1 saturated carbocycles. The molecule has 0 radical (unpaired) electrons. The van der Waals surface area contributed by atoms with Crippen LogP contribution in [0, 0.1) is 24.7 Å². The van der Waals surface area contributed by atoms with Crippen LogP contribution in [0.1, 0.15) is 50.2 Å². The zero-order valence-corrected chi connectivity index (χ0v) is 20.9. The Balaban J connectivity index is 1.16. The van der Waals surface area contributed by atoms with Crippen molar-refractivity contribution in [1.82, 2.24) is 20.9 Å². The number of carbonyl (C=O) groups is 2. The fourth-order valence-corrected chi connectivity index (χ4v) is 6.24. The monoisotopic (exact) mass is 467 g/mol. The minimum Gasteiger partial charge on any atom is -0.373 e. The Morgan fingerprint density at radius 2 is 1.88 bits per heavy atom. The van der Waals surface area contributed by atoms with Crippen molar-refractivity contribution in [2.45, 2.75) is 76.5 Å². The van der Waals surface area contributed by atoms with Crippen LogP contribution in [-0.4, -0.2) is 67.6 Å². The fourth-order valence-electron chi connectivity index (χ4n) is 6.24. The van der Waals surface area contributed by atoms with Crippen LogP contribution in [-0.2, 0) is 16.0 Å². The highest BCUT2D eigenvalue weighted by molar-refractivity contribution is 5.88. The lowest BCUT2D eigenvalue weighted by Gasteiger charge is -2.40. The van der Waals surface area contributed by atoms with E-state index in [1.54, 1.807) is 0 Å². The molecule has 3 heterocycles. The summed E-state index contributed by atoms with van der Waals surface area (Å²) in [6.07, 6.45) is 6.04. The maximum atomic E-state index is 13.3. The van der Waals surface area contributed by atoms with Crippen LogP contribution in [0.2, 0.25) is 0 Å². The van der Waals surface area contributed by atoms with E-state index in [1.165, 1.54) is 24.0 Å². The number of hydrogen-bond donors (Lipinski definition) is 4. The van der Waals surface area contributed by atoms with Crippen LogP contribution >= 0.6 is 0 Å². The molecule has 0 spiro atoms. The molecule has 2 saturated heterocycles. The van der Waals surface area contributed by atoms with E-state index < -0.39 is 0 Å². The SMILES string of the molecule is Cc1cccc2c1NC(C(=O)NC(C1CC1)C1NCC(C(=O)NC3CCN(C)CC3)CC1C)C2. The van der Waals surface area contributed by atoms with Crippen molar-refractivity contribution in [3.8, 4) is 0 Å². The van der Waals surface area contributed by atoms with Crippen molar-refractivity contribution in [3.63, 3.8) is 0 Å². The second kappa shape index (κ2) is 9.86. The number of amides is 2. The summed E-state index contributed by atoms with van der Waals surface area (Å²) < 4.78 is 0. The molecule has 7 nitrogen and oxygen atoms in total. The Labute approximate surface area is 203 Å². The van der Waals surface area contributed by atoms with Crippen LogP contribution in [0.25, 0.3) is 0 Å². The summed E-state index contributed by atoms with van der Waals surface area (Å²) >= 11 is 0. The number of benzene rings is 1. The van der Waals surface area contributed by atoms with Crippen LogP contribution in [0.4, 0.5) is 5.69 Å². The van der Waals surface area contributed by atoms with E-state index in [2.05, 4.69) is 65.3 Å². The van der Waals surface area contributed by atoms with Gasteiger partial charge in [0.15, 0.2) is 0 Å². The molecule has 1 aliphatic carbocycles. The summed E-state index contributed by atoms with van der Waals surface area (Å²) in [5, 5.41) is 13.9. The van der Waals surface area contributed by atoms with Gasteiger partial charge in [-0.1, -0.05) is 25.1 Å². The Morgan fingerprint density at radius 3 is 2.56 bits per heavy atom. The van der Waals surface area contributed by atoms with Crippen LogP contribution in [0.5, 0.6) is 0 Å². The van der Waals surface area contributed by atoms with Gasteiger partial charge in [0.2, 0.25) is 11.8 Å². The lowest BCUT2D eigenvalue weighted by atomic mass is 9.80. The average Bonchev–Trinajstić information content (AvgIpc) is 3.56. The van der Waals surface area contributed by atoms with Gasteiger partial charge in [0.05, 0.1) is 5.92 Å². The summed E-state index contributed by atoms with van der Waals surface area (Å²) in [7, 11) is 2.14. The Morgan fingerprint density at radius 1 is 1.12 bits per heavy atom. The van der Waals surface area contributed by atoms with Crippen molar-refractivity contribution in [2.75, 3.05) is 32.0 Å². The van der Waals surface area contributed by atoms with Crippen molar-refractivity contribution in [2.24, 2.45) is 17.8 Å². The van der Waals surface area contributed by atoms with Gasteiger partial charge in [0, 0.05) is 36.8 Å². The number of rotatable bonds is 6. The molecule has 1 aromatic carbocycles. The summed E-state index contributed by atoms with van der Waals surface area (Å²) in [4.78, 5) is 28.5. The molecule has 2 amide bonds. The van der Waals surface area contributed by atoms with E-state index in [9.17, 15) is 9.59 Å². The number of para-hydroxylation sites is 1. The molecule has 1 aromatic rings. The molecule has 5 unspecified atom stereocenters. The quantitative estimate of drug-likeness (QED) is 0.515. The second-order valence-electron chi connectivity index (χ2n) is 11.3. The minimum atomic E-state index is -0.204. The summed E-state index contributed by atoms with van der Waals surface area (Å²) in [5.41, 5.74) is 3.54. The van der Waals surface area contributed by atoms with E-state index in [0.29, 0.717) is 24.4 Å². The summed E-state index contributed by atoms with van der Waals surface area (Å²) in [6.45, 7) is 7.12. The topological polar surface area (TPSA) is 85.5 Å². The van der Waals surface area contributed by atoms with Crippen LogP contribution < -0.4 is 21.3 Å². The van der Waals surface area contributed by atoms with E-state index in [0.717, 1.165) is 44.5 Å². The zero-order chi connectivity index (χ0) is 23.8. The van der Waals surface area contributed by atoms with Crippen molar-refractivity contribution in [1.29, 1.82) is 0 Å². The number of aryl methyl sites for hydroxylation is 1. The number of piperidine rings is 2. The van der Waals surface area contributed by atoms with E-state index >= 15 is 0 Å². The predicted octanol–water partition coefficient (Wildman–Crippen LogP) is 2.05. The Hall–Kier alpha value is -2.12. The van der Waals surface area contributed by atoms with Gasteiger partial charge >= 0.3 is 0 Å². The number of anilines is 1. The van der Waals surface area contributed by atoms with Crippen molar-refractivity contribution < 1.29 is 9.59 Å². The smallest absolute Gasteiger partial charge is 0.243 e. The van der Waals surface area contributed by atoms with E-state index in [4.69, 9.17) is 0 Å².